The van der Waals surface area contributed by atoms with Gasteiger partial charge in [0.25, 0.3) is 0 Å². The molecule has 4 aromatic rings. The lowest BCUT2D eigenvalue weighted by molar-refractivity contribution is 0.561. The number of hydrogen-bond acceptors (Lipinski definition) is 6. The molecule has 4 rings (SSSR count). The molecule has 0 saturated carbocycles. The highest BCUT2D eigenvalue weighted by atomic mass is 16.1. The number of pyridine rings is 1. The van der Waals surface area contributed by atoms with Crippen molar-refractivity contribution in [3.8, 4) is 5.69 Å². The second-order valence-electron chi connectivity index (χ2n) is 13.8. The zero-order chi connectivity index (χ0) is 33.2. The number of guanidine groups is 1. The van der Waals surface area contributed by atoms with E-state index < -0.39 is 0 Å². The molecule has 0 bridgehead atoms. The van der Waals surface area contributed by atoms with Gasteiger partial charge in [-0.15, -0.1) is 0 Å². The lowest BCUT2D eigenvalue weighted by Crippen LogP contribution is -2.23. The topological polar surface area (TPSA) is 166 Å². The summed E-state index contributed by atoms with van der Waals surface area (Å²) < 4.78 is 1.58. The standard InChI is InChI=1S/C21H29N7O.C14H24N2/c1-21(2,3)17-11-15-13-28(20(29)27-18(15)26-17)16-7-5-14(6-8-16)12-24-9-4-10-25-19(22)23;1-11(15)7-5-8-12-9-6-10-13(16-12)14(2,3)4/h5-8,11,13,24H,4,9-10,12H2,1-3H3,(H4,22,23,25)(H,26,27,29);6,9-11H,5,7-8,15H2,1-4H3/t;11-/m.0/s1. The Labute approximate surface area is 268 Å². The van der Waals surface area contributed by atoms with Crippen LogP contribution in [0.5, 0.6) is 0 Å². The van der Waals surface area contributed by atoms with E-state index in [0.717, 1.165) is 61.1 Å². The number of benzene rings is 1. The van der Waals surface area contributed by atoms with Crippen LogP contribution in [0.25, 0.3) is 16.7 Å². The number of aliphatic imine (C=N–C) groups is 1. The monoisotopic (exact) mass is 615 g/mol. The summed E-state index contributed by atoms with van der Waals surface area (Å²) in [5.74, 6) is 0.123. The van der Waals surface area contributed by atoms with Gasteiger partial charge in [0.15, 0.2) is 5.96 Å². The highest BCUT2D eigenvalue weighted by Gasteiger charge is 2.18. The quantitative estimate of drug-likeness (QED) is 0.0917. The molecule has 0 spiro atoms. The fourth-order valence-corrected chi connectivity index (χ4v) is 4.64. The SMILES string of the molecule is CC(C)(C)c1cc2cn(-c3ccc(CNCCCN=C(N)N)cc3)c(=O)nc2[nH]1.C[C@H](N)CCCc1cccc(C(C)(C)C)n1. The smallest absolute Gasteiger partial charge is 0.354 e. The minimum Gasteiger partial charge on any atom is -0.370 e. The molecule has 0 aliphatic heterocycles. The molecule has 8 N–H and O–H groups in total. The van der Waals surface area contributed by atoms with E-state index in [0.29, 0.717) is 18.2 Å². The van der Waals surface area contributed by atoms with Crippen LogP contribution in [-0.4, -0.2) is 44.6 Å². The largest absolute Gasteiger partial charge is 0.370 e. The van der Waals surface area contributed by atoms with Crippen LogP contribution in [0.2, 0.25) is 0 Å². The zero-order valence-electron chi connectivity index (χ0n) is 28.2. The van der Waals surface area contributed by atoms with Crippen molar-refractivity contribution in [2.24, 2.45) is 22.2 Å². The summed E-state index contributed by atoms with van der Waals surface area (Å²) in [6.07, 6.45) is 5.93. The van der Waals surface area contributed by atoms with Crippen molar-refractivity contribution in [1.29, 1.82) is 0 Å². The molecule has 244 valence electrons. The van der Waals surface area contributed by atoms with Crippen LogP contribution in [0.3, 0.4) is 0 Å². The Balaban J connectivity index is 0.000000292. The molecule has 3 aromatic heterocycles. The Hall–Kier alpha value is -4.02. The Morgan fingerprint density at radius 1 is 1.00 bits per heavy atom. The third kappa shape index (κ3) is 11.4. The zero-order valence-corrected chi connectivity index (χ0v) is 28.2. The van der Waals surface area contributed by atoms with Crippen LogP contribution in [0.1, 0.15) is 90.4 Å². The Bertz CT molecular complexity index is 1580. The van der Waals surface area contributed by atoms with Crippen LogP contribution in [0, 0.1) is 0 Å². The van der Waals surface area contributed by atoms with Crippen LogP contribution < -0.4 is 28.2 Å². The van der Waals surface area contributed by atoms with Gasteiger partial charge in [0.2, 0.25) is 0 Å². The molecule has 10 nitrogen and oxygen atoms in total. The van der Waals surface area contributed by atoms with Gasteiger partial charge >= 0.3 is 5.69 Å². The van der Waals surface area contributed by atoms with Gasteiger partial charge in [-0.05, 0) is 75.0 Å². The predicted molar refractivity (Wildman–Crippen MR) is 187 cm³/mol. The molecule has 3 heterocycles. The number of hydrogen-bond donors (Lipinski definition) is 5. The fourth-order valence-electron chi connectivity index (χ4n) is 4.64. The number of aryl methyl sites for hydroxylation is 1. The van der Waals surface area contributed by atoms with Crippen molar-refractivity contribution in [2.75, 3.05) is 13.1 Å². The highest BCUT2D eigenvalue weighted by Crippen LogP contribution is 2.25. The number of fused-ring (bicyclic) bond motifs is 1. The number of nitrogens with two attached hydrogens (primary N) is 3. The average molecular weight is 616 g/mol. The molecule has 0 aliphatic rings. The van der Waals surface area contributed by atoms with Crippen molar-refractivity contribution in [3.63, 3.8) is 0 Å². The van der Waals surface area contributed by atoms with E-state index in [1.54, 1.807) is 4.57 Å². The maximum atomic E-state index is 12.5. The van der Waals surface area contributed by atoms with Crippen LogP contribution in [-0.2, 0) is 23.8 Å². The summed E-state index contributed by atoms with van der Waals surface area (Å²) in [5, 5.41) is 4.27. The summed E-state index contributed by atoms with van der Waals surface area (Å²) in [4.78, 5) is 28.6. The highest BCUT2D eigenvalue weighted by molar-refractivity contribution is 5.76. The molecular weight excluding hydrogens is 562 g/mol. The molecule has 1 atom stereocenters. The molecule has 0 unspecified atom stereocenters. The van der Waals surface area contributed by atoms with E-state index in [1.807, 2.05) is 30.5 Å². The van der Waals surface area contributed by atoms with Crippen molar-refractivity contribution in [3.05, 3.63) is 87.9 Å². The molecular formula is C35H53N9O. The van der Waals surface area contributed by atoms with Crippen LogP contribution in [0.4, 0.5) is 0 Å². The molecule has 0 fully saturated rings. The van der Waals surface area contributed by atoms with E-state index in [2.05, 4.69) is 93.0 Å². The minimum absolute atomic E-state index is 0.0352. The van der Waals surface area contributed by atoms with Gasteiger partial charge in [-0.1, -0.05) is 59.7 Å². The molecule has 0 amide bonds. The summed E-state index contributed by atoms with van der Waals surface area (Å²) in [5.41, 5.74) is 22.1. The number of aromatic nitrogens is 4. The maximum absolute atomic E-state index is 12.5. The Morgan fingerprint density at radius 2 is 1.71 bits per heavy atom. The number of nitrogens with zero attached hydrogens (tertiary/aromatic N) is 4. The number of nitrogens with one attached hydrogen (secondary N) is 2. The summed E-state index contributed by atoms with van der Waals surface area (Å²) in [6.45, 7) is 17.2. The van der Waals surface area contributed by atoms with Crippen molar-refractivity contribution < 1.29 is 0 Å². The Kier molecular flexibility index (Phi) is 12.5. The van der Waals surface area contributed by atoms with Crippen molar-refractivity contribution >= 4 is 17.0 Å². The van der Waals surface area contributed by atoms with Crippen molar-refractivity contribution in [1.82, 2.24) is 24.8 Å². The minimum atomic E-state index is -0.301. The molecule has 45 heavy (non-hydrogen) atoms. The van der Waals surface area contributed by atoms with E-state index in [1.165, 1.54) is 11.4 Å². The lowest BCUT2D eigenvalue weighted by atomic mass is 9.91. The fraction of sp³-hybridized carbons (Fsp3) is 0.486. The van der Waals surface area contributed by atoms with E-state index in [9.17, 15) is 4.79 Å². The first-order valence-corrected chi connectivity index (χ1v) is 15.8. The van der Waals surface area contributed by atoms with Gasteiger partial charge in [-0.3, -0.25) is 14.5 Å². The molecule has 0 aliphatic carbocycles. The van der Waals surface area contributed by atoms with Gasteiger partial charge in [0.05, 0.1) is 5.69 Å². The average Bonchev–Trinajstić information content (AvgIpc) is 3.38. The molecule has 0 saturated heterocycles. The van der Waals surface area contributed by atoms with Crippen LogP contribution >= 0.6 is 0 Å². The summed E-state index contributed by atoms with van der Waals surface area (Å²) in [6, 6.07) is 16.6. The second-order valence-corrected chi connectivity index (χ2v) is 13.8. The molecule has 0 radical (unpaired) electrons. The molecule has 1 aromatic carbocycles. The van der Waals surface area contributed by atoms with Crippen LogP contribution in [0.15, 0.2) is 64.5 Å². The first-order chi connectivity index (χ1) is 21.1. The number of rotatable bonds is 11. The first kappa shape index (κ1) is 35.5. The van der Waals surface area contributed by atoms with Gasteiger partial charge < -0.3 is 27.5 Å². The third-order valence-corrected chi connectivity index (χ3v) is 7.33. The van der Waals surface area contributed by atoms with Gasteiger partial charge in [-0.25, -0.2) is 4.79 Å². The first-order valence-electron chi connectivity index (χ1n) is 15.8. The molecule has 10 heteroatoms. The van der Waals surface area contributed by atoms with E-state index >= 15 is 0 Å². The van der Waals surface area contributed by atoms with Gasteiger partial charge in [-0.2, -0.15) is 4.98 Å². The number of H-pyrrole nitrogens is 1. The summed E-state index contributed by atoms with van der Waals surface area (Å²) in [7, 11) is 0. The van der Waals surface area contributed by atoms with Gasteiger partial charge in [0.1, 0.15) is 5.65 Å². The predicted octanol–water partition coefficient (Wildman–Crippen LogP) is 4.81. The lowest BCUT2D eigenvalue weighted by Gasteiger charge is -2.18. The van der Waals surface area contributed by atoms with Crippen molar-refractivity contribution in [2.45, 2.75) is 97.6 Å². The third-order valence-electron chi connectivity index (χ3n) is 7.33. The van der Waals surface area contributed by atoms with E-state index in [4.69, 9.17) is 22.2 Å². The van der Waals surface area contributed by atoms with E-state index in [-0.39, 0.29) is 22.5 Å². The number of aromatic amines is 1. The second kappa shape index (κ2) is 15.8. The summed E-state index contributed by atoms with van der Waals surface area (Å²) >= 11 is 0. The van der Waals surface area contributed by atoms with Gasteiger partial charge in [0, 0.05) is 58.6 Å². The Morgan fingerprint density at radius 3 is 2.33 bits per heavy atom. The normalized spacial score (nSPS) is 12.4. The maximum Gasteiger partial charge on any atom is 0.354 e.